The first kappa shape index (κ1) is 30.1. The molecule has 4 aromatic carbocycles. The van der Waals surface area contributed by atoms with Crippen LogP contribution in [-0.4, -0.2) is 33.8 Å². The lowest BCUT2D eigenvalue weighted by atomic mass is 10.0. The predicted octanol–water partition coefficient (Wildman–Crippen LogP) is 8.28. The fraction of sp³-hybridized carbons (Fsp3) is 0.121. The van der Waals surface area contributed by atoms with E-state index in [-0.39, 0.29) is 11.4 Å². The Bertz CT molecular complexity index is 1690. The highest BCUT2D eigenvalue weighted by atomic mass is 32.2. The Morgan fingerprint density at radius 3 is 1.95 bits per heavy atom. The van der Waals surface area contributed by atoms with Gasteiger partial charge in [0, 0.05) is 17.1 Å². The van der Waals surface area contributed by atoms with Crippen molar-refractivity contribution in [3.8, 4) is 32.1 Å². The van der Waals surface area contributed by atoms with Crippen molar-refractivity contribution in [3.05, 3.63) is 126 Å². The van der Waals surface area contributed by atoms with E-state index in [0.717, 1.165) is 40.2 Å². The highest BCUT2D eigenvalue weighted by Gasteiger charge is 2.30. The molecule has 0 bridgehead atoms. The van der Waals surface area contributed by atoms with Crippen molar-refractivity contribution < 1.29 is 27.9 Å². The fourth-order valence-corrected chi connectivity index (χ4v) is 6.39. The molecule has 1 amide bonds. The first-order valence-electron chi connectivity index (χ1n) is 13.2. The van der Waals surface area contributed by atoms with Crippen molar-refractivity contribution >= 4 is 35.0 Å². The molecular weight excluding hydrogens is 594 g/mol. The van der Waals surface area contributed by atoms with Gasteiger partial charge in [0.05, 0.1) is 10.4 Å². The van der Waals surface area contributed by atoms with Crippen molar-refractivity contribution in [3.63, 3.8) is 0 Å². The number of thiazole rings is 1. The normalized spacial score (nSPS) is 12.1. The van der Waals surface area contributed by atoms with Crippen molar-refractivity contribution in [2.45, 2.75) is 18.0 Å². The summed E-state index contributed by atoms with van der Waals surface area (Å²) >= 11 is 2.53. The van der Waals surface area contributed by atoms with E-state index in [9.17, 15) is 27.9 Å². The highest BCUT2D eigenvalue weighted by molar-refractivity contribution is 7.98. The summed E-state index contributed by atoms with van der Waals surface area (Å²) in [5.41, 5.74) is 3.30. The molecule has 0 aliphatic heterocycles. The van der Waals surface area contributed by atoms with Gasteiger partial charge in [-0.2, -0.15) is 24.9 Å². The molecule has 0 aliphatic rings. The first-order chi connectivity index (χ1) is 20.7. The minimum atomic E-state index is -4.48. The molecule has 5 rings (SSSR count). The molecule has 0 radical (unpaired) electrons. The predicted molar refractivity (Wildman–Crippen MR) is 165 cm³/mol. The third kappa shape index (κ3) is 7.52. The van der Waals surface area contributed by atoms with Crippen LogP contribution >= 0.6 is 23.1 Å². The summed E-state index contributed by atoms with van der Waals surface area (Å²) in [5.74, 6) is -1.15. The summed E-state index contributed by atoms with van der Waals surface area (Å²) < 4.78 is 39.4. The Morgan fingerprint density at radius 2 is 1.35 bits per heavy atom. The largest absolute Gasteiger partial charge is 0.480 e. The van der Waals surface area contributed by atoms with Crippen LogP contribution in [0.1, 0.15) is 21.6 Å². The molecule has 0 aliphatic carbocycles. The number of halogens is 3. The van der Waals surface area contributed by atoms with Gasteiger partial charge in [0.25, 0.3) is 5.91 Å². The van der Waals surface area contributed by atoms with E-state index in [4.69, 9.17) is 0 Å². The number of carboxylic acids is 1. The van der Waals surface area contributed by atoms with Crippen LogP contribution in [0.3, 0.4) is 0 Å². The zero-order valence-corrected chi connectivity index (χ0v) is 24.2. The highest BCUT2D eigenvalue weighted by Crippen LogP contribution is 2.38. The van der Waals surface area contributed by atoms with E-state index >= 15 is 0 Å². The summed E-state index contributed by atoms with van der Waals surface area (Å²) in [5, 5.41) is 12.8. The Labute approximate surface area is 254 Å². The molecule has 218 valence electrons. The van der Waals surface area contributed by atoms with Gasteiger partial charge in [0.1, 0.15) is 16.7 Å². The first-order valence-corrected chi connectivity index (χ1v) is 15.2. The Balaban J connectivity index is 1.43. The molecule has 0 saturated carbocycles. The molecule has 5 nitrogen and oxygen atoms in total. The van der Waals surface area contributed by atoms with E-state index < -0.39 is 29.7 Å². The quantitative estimate of drug-likeness (QED) is 0.165. The lowest BCUT2D eigenvalue weighted by molar-refractivity contribution is -0.139. The number of rotatable bonds is 10. The van der Waals surface area contributed by atoms with Crippen LogP contribution in [-0.2, 0) is 16.7 Å². The van der Waals surface area contributed by atoms with Crippen LogP contribution in [0, 0.1) is 0 Å². The zero-order valence-electron chi connectivity index (χ0n) is 22.5. The van der Waals surface area contributed by atoms with Crippen molar-refractivity contribution in [1.29, 1.82) is 0 Å². The molecule has 0 fully saturated rings. The average molecular weight is 619 g/mol. The smallest absolute Gasteiger partial charge is 0.416 e. The molecule has 1 atom stereocenters. The lowest BCUT2D eigenvalue weighted by Crippen LogP contribution is -2.42. The van der Waals surface area contributed by atoms with Crippen molar-refractivity contribution in [2.24, 2.45) is 0 Å². The molecule has 5 aromatic rings. The maximum absolute atomic E-state index is 13.5. The number of aromatic nitrogens is 1. The number of hydrogen-bond donors (Lipinski definition) is 2. The van der Waals surface area contributed by atoms with Crippen LogP contribution in [0.2, 0.25) is 0 Å². The Kier molecular flexibility index (Phi) is 9.27. The van der Waals surface area contributed by atoms with Crippen LogP contribution in [0.15, 0.2) is 109 Å². The monoisotopic (exact) mass is 618 g/mol. The minimum Gasteiger partial charge on any atom is -0.480 e. The number of carbonyl (C=O) groups is 2. The van der Waals surface area contributed by atoms with Gasteiger partial charge in [-0.15, -0.1) is 11.3 Å². The van der Waals surface area contributed by atoms with Gasteiger partial charge < -0.3 is 10.4 Å². The van der Waals surface area contributed by atoms with Gasteiger partial charge >= 0.3 is 12.1 Å². The number of alkyl halides is 3. The summed E-state index contributed by atoms with van der Waals surface area (Å²) in [6.45, 7) is 0. The topological polar surface area (TPSA) is 79.3 Å². The van der Waals surface area contributed by atoms with Crippen molar-refractivity contribution in [2.75, 3.05) is 5.75 Å². The molecular formula is C33H25F3N2O3S2. The molecule has 10 heteroatoms. The van der Waals surface area contributed by atoms with E-state index in [1.165, 1.54) is 23.9 Å². The SMILES string of the molecule is O=C(NC(CSCc1ccccc1)C(=O)O)c1nc(-c2ccc(C(F)(F)F)cc2)sc1-c1ccc(-c2ccccc2)cc1. The number of carbonyl (C=O) groups excluding carboxylic acids is 1. The number of benzene rings is 4. The molecule has 43 heavy (non-hydrogen) atoms. The third-order valence-corrected chi connectivity index (χ3v) is 8.82. The molecule has 0 spiro atoms. The number of carboxylic acid groups (broad SMARTS) is 1. The van der Waals surface area contributed by atoms with Gasteiger partial charge in [0.2, 0.25) is 0 Å². The summed E-state index contributed by atoms with van der Waals surface area (Å²) in [4.78, 5) is 30.5. The maximum atomic E-state index is 13.5. The lowest BCUT2D eigenvalue weighted by Gasteiger charge is -2.14. The standard InChI is InChI=1S/C33H25F3N2O3S2/c34-33(35,36)26-17-15-25(16-18-26)31-38-28(29(43-31)24-13-11-23(12-14-24)22-9-5-2-6-10-22)30(39)37-27(32(40)41)20-42-19-21-7-3-1-4-8-21/h1-18,27H,19-20H2,(H,37,39)(H,40,41). The van der Waals surface area contributed by atoms with Crippen LogP contribution in [0.5, 0.6) is 0 Å². The minimum absolute atomic E-state index is 0.00617. The molecule has 1 heterocycles. The van der Waals surface area contributed by atoms with Gasteiger partial charge in [-0.3, -0.25) is 4.79 Å². The summed E-state index contributed by atoms with van der Waals surface area (Å²) in [6.07, 6.45) is -4.48. The van der Waals surface area contributed by atoms with E-state index in [1.807, 2.05) is 84.9 Å². The fourth-order valence-electron chi connectivity index (χ4n) is 4.31. The number of hydrogen-bond acceptors (Lipinski definition) is 5. The van der Waals surface area contributed by atoms with Gasteiger partial charge in [-0.1, -0.05) is 97.1 Å². The zero-order chi connectivity index (χ0) is 30.4. The second-order valence-corrected chi connectivity index (χ2v) is 11.6. The van der Waals surface area contributed by atoms with E-state index in [0.29, 0.717) is 26.8 Å². The van der Waals surface area contributed by atoms with Crippen LogP contribution in [0.4, 0.5) is 13.2 Å². The van der Waals surface area contributed by atoms with Gasteiger partial charge in [-0.25, -0.2) is 9.78 Å². The van der Waals surface area contributed by atoms with E-state index in [1.54, 1.807) is 0 Å². The maximum Gasteiger partial charge on any atom is 0.416 e. The summed E-state index contributed by atoms with van der Waals surface area (Å²) in [6, 6.07) is 30.2. The van der Waals surface area contributed by atoms with Gasteiger partial charge in [0.15, 0.2) is 0 Å². The molecule has 1 aromatic heterocycles. The number of aliphatic carboxylic acids is 1. The Hall–Kier alpha value is -4.41. The van der Waals surface area contributed by atoms with Crippen LogP contribution in [0.25, 0.3) is 32.1 Å². The van der Waals surface area contributed by atoms with Crippen LogP contribution < -0.4 is 5.32 Å². The Morgan fingerprint density at radius 1 is 0.791 bits per heavy atom. The molecule has 1 unspecified atom stereocenters. The summed E-state index contributed by atoms with van der Waals surface area (Å²) in [7, 11) is 0. The van der Waals surface area contributed by atoms with Crippen molar-refractivity contribution in [1.82, 2.24) is 10.3 Å². The van der Waals surface area contributed by atoms with Gasteiger partial charge in [-0.05, 0) is 34.4 Å². The second-order valence-electron chi connectivity index (χ2n) is 9.58. The average Bonchev–Trinajstić information content (AvgIpc) is 3.47. The second kappa shape index (κ2) is 13.3. The number of amides is 1. The number of nitrogens with one attached hydrogen (secondary N) is 1. The molecule has 2 N–H and O–H groups in total. The number of nitrogens with zero attached hydrogens (tertiary/aromatic N) is 1. The third-order valence-electron chi connectivity index (χ3n) is 6.56. The van der Waals surface area contributed by atoms with E-state index in [2.05, 4.69) is 10.3 Å². The molecule has 0 saturated heterocycles. The number of thioether (sulfide) groups is 1.